The molecule has 0 amide bonds. The normalized spacial score (nSPS) is 22.2. The Bertz CT molecular complexity index is 515. The Morgan fingerprint density at radius 3 is 3.28 bits per heavy atom. The molecule has 1 aliphatic heterocycles. The molecule has 18 heavy (non-hydrogen) atoms. The molecule has 0 saturated carbocycles. The van der Waals surface area contributed by atoms with Crippen molar-refractivity contribution >= 4 is 5.65 Å². The van der Waals surface area contributed by atoms with Crippen molar-refractivity contribution < 1.29 is 0 Å². The lowest BCUT2D eigenvalue weighted by Crippen LogP contribution is -2.34. The molecular weight excluding hydrogens is 226 g/mol. The number of piperidine rings is 1. The molecule has 2 unspecified atom stereocenters. The van der Waals surface area contributed by atoms with E-state index in [1.165, 1.54) is 19.4 Å². The van der Waals surface area contributed by atoms with Crippen molar-refractivity contribution in [2.24, 2.45) is 11.8 Å². The number of aromatic nitrogens is 4. The highest BCUT2D eigenvalue weighted by molar-refractivity contribution is 5.33. The zero-order valence-corrected chi connectivity index (χ0v) is 10.7. The van der Waals surface area contributed by atoms with Gasteiger partial charge in [0.15, 0.2) is 5.65 Å². The summed E-state index contributed by atoms with van der Waals surface area (Å²) in [6, 6.07) is 0. The minimum atomic E-state index is 0.637. The summed E-state index contributed by atoms with van der Waals surface area (Å²) in [6.45, 7) is 4.63. The van der Waals surface area contributed by atoms with E-state index in [9.17, 15) is 0 Å². The zero-order chi connectivity index (χ0) is 12.4. The van der Waals surface area contributed by atoms with E-state index in [1.807, 2.05) is 10.6 Å². The minimum Gasteiger partial charge on any atom is -0.316 e. The van der Waals surface area contributed by atoms with Crippen molar-refractivity contribution in [3.05, 3.63) is 24.4 Å². The molecule has 0 spiro atoms. The van der Waals surface area contributed by atoms with Crippen molar-refractivity contribution in [2.75, 3.05) is 13.1 Å². The van der Waals surface area contributed by atoms with Crippen LogP contribution >= 0.6 is 0 Å². The van der Waals surface area contributed by atoms with Crippen LogP contribution in [-0.2, 0) is 6.42 Å². The quantitative estimate of drug-likeness (QED) is 0.885. The van der Waals surface area contributed by atoms with Crippen LogP contribution in [0.4, 0.5) is 0 Å². The predicted octanol–water partition coefficient (Wildman–Crippen LogP) is 1.30. The zero-order valence-electron chi connectivity index (χ0n) is 10.7. The first-order chi connectivity index (χ1) is 8.84. The molecule has 5 heteroatoms. The van der Waals surface area contributed by atoms with E-state index in [0.717, 1.165) is 30.4 Å². The SMILES string of the molecule is CC(Cc1nnc2cnccn12)C1CCCNC1. The van der Waals surface area contributed by atoms with Gasteiger partial charge in [-0.05, 0) is 37.8 Å². The van der Waals surface area contributed by atoms with Gasteiger partial charge in [-0.15, -0.1) is 10.2 Å². The maximum Gasteiger partial charge on any atom is 0.179 e. The third-order valence-electron chi connectivity index (χ3n) is 3.93. The summed E-state index contributed by atoms with van der Waals surface area (Å²) < 4.78 is 2.04. The van der Waals surface area contributed by atoms with Crippen molar-refractivity contribution in [1.82, 2.24) is 24.9 Å². The third-order valence-corrected chi connectivity index (χ3v) is 3.93. The highest BCUT2D eigenvalue weighted by Gasteiger charge is 2.21. The minimum absolute atomic E-state index is 0.637. The van der Waals surface area contributed by atoms with Crippen LogP contribution in [0.2, 0.25) is 0 Å². The molecule has 2 aromatic heterocycles. The molecule has 0 aromatic carbocycles. The van der Waals surface area contributed by atoms with Gasteiger partial charge in [-0.1, -0.05) is 6.92 Å². The molecule has 1 N–H and O–H groups in total. The van der Waals surface area contributed by atoms with Gasteiger partial charge in [0.05, 0.1) is 6.20 Å². The Kier molecular flexibility index (Phi) is 3.23. The van der Waals surface area contributed by atoms with Crippen LogP contribution in [0.5, 0.6) is 0 Å². The van der Waals surface area contributed by atoms with Gasteiger partial charge in [-0.3, -0.25) is 9.38 Å². The highest BCUT2D eigenvalue weighted by atomic mass is 15.2. The van der Waals surface area contributed by atoms with Crippen LogP contribution in [0.3, 0.4) is 0 Å². The number of hydrogen-bond donors (Lipinski definition) is 1. The Hall–Kier alpha value is -1.49. The summed E-state index contributed by atoms with van der Waals surface area (Å²) in [5.74, 6) is 2.44. The first-order valence-electron chi connectivity index (χ1n) is 6.69. The molecular formula is C13H19N5. The lowest BCUT2D eigenvalue weighted by molar-refractivity contribution is 0.275. The van der Waals surface area contributed by atoms with Crippen LogP contribution in [0, 0.1) is 11.8 Å². The molecule has 3 rings (SSSR count). The average Bonchev–Trinajstić information content (AvgIpc) is 2.83. The summed E-state index contributed by atoms with van der Waals surface area (Å²) in [5.41, 5.74) is 0.835. The molecule has 0 aliphatic carbocycles. The highest BCUT2D eigenvalue weighted by Crippen LogP contribution is 2.22. The molecule has 5 nitrogen and oxygen atoms in total. The monoisotopic (exact) mass is 245 g/mol. The maximum atomic E-state index is 4.28. The van der Waals surface area contributed by atoms with Crippen molar-refractivity contribution in [2.45, 2.75) is 26.2 Å². The fourth-order valence-electron chi connectivity index (χ4n) is 2.76. The van der Waals surface area contributed by atoms with E-state index in [1.54, 1.807) is 12.4 Å². The lowest BCUT2D eigenvalue weighted by Gasteiger charge is -2.27. The number of fused-ring (bicyclic) bond motifs is 1. The largest absolute Gasteiger partial charge is 0.316 e. The molecule has 1 aliphatic rings. The van der Waals surface area contributed by atoms with Crippen LogP contribution < -0.4 is 5.32 Å². The standard InChI is InChI=1S/C13H19N5/c1-10(11-3-2-4-14-8-11)7-12-16-17-13-9-15-5-6-18(12)13/h5-6,9-11,14H,2-4,7-8H2,1H3. The predicted molar refractivity (Wildman–Crippen MR) is 69.2 cm³/mol. The van der Waals surface area contributed by atoms with Crippen LogP contribution in [0.25, 0.3) is 5.65 Å². The third kappa shape index (κ3) is 2.22. The molecule has 0 bridgehead atoms. The van der Waals surface area contributed by atoms with E-state index in [2.05, 4.69) is 27.4 Å². The van der Waals surface area contributed by atoms with Gasteiger partial charge < -0.3 is 5.32 Å². The van der Waals surface area contributed by atoms with Crippen molar-refractivity contribution in [3.8, 4) is 0 Å². The molecule has 1 fully saturated rings. The molecule has 96 valence electrons. The Balaban J connectivity index is 1.75. The second kappa shape index (κ2) is 5.02. The average molecular weight is 245 g/mol. The molecule has 3 heterocycles. The molecule has 2 atom stereocenters. The first kappa shape index (κ1) is 11.6. The second-order valence-corrected chi connectivity index (χ2v) is 5.21. The topological polar surface area (TPSA) is 55.1 Å². The molecule has 1 saturated heterocycles. The van der Waals surface area contributed by atoms with Gasteiger partial charge in [0.2, 0.25) is 0 Å². The van der Waals surface area contributed by atoms with E-state index >= 15 is 0 Å². The fraction of sp³-hybridized carbons (Fsp3) is 0.615. The van der Waals surface area contributed by atoms with Crippen molar-refractivity contribution in [3.63, 3.8) is 0 Å². The maximum absolute atomic E-state index is 4.28. The summed E-state index contributed by atoms with van der Waals surface area (Å²) >= 11 is 0. The van der Waals surface area contributed by atoms with Crippen LogP contribution in [0.1, 0.15) is 25.6 Å². The lowest BCUT2D eigenvalue weighted by atomic mass is 9.85. The fourth-order valence-corrected chi connectivity index (χ4v) is 2.76. The molecule has 2 aromatic rings. The van der Waals surface area contributed by atoms with Gasteiger partial charge in [0, 0.05) is 18.8 Å². The first-order valence-corrected chi connectivity index (χ1v) is 6.69. The van der Waals surface area contributed by atoms with Gasteiger partial charge in [0.1, 0.15) is 5.82 Å². The number of nitrogens with one attached hydrogen (secondary N) is 1. The van der Waals surface area contributed by atoms with Gasteiger partial charge in [-0.2, -0.15) is 0 Å². The molecule has 0 radical (unpaired) electrons. The van der Waals surface area contributed by atoms with Crippen LogP contribution in [-0.4, -0.2) is 32.7 Å². The summed E-state index contributed by atoms with van der Waals surface area (Å²) in [6.07, 6.45) is 9.08. The Labute approximate surface area is 107 Å². The van der Waals surface area contributed by atoms with E-state index in [0.29, 0.717) is 5.92 Å². The van der Waals surface area contributed by atoms with Crippen LogP contribution in [0.15, 0.2) is 18.6 Å². The summed E-state index contributed by atoms with van der Waals surface area (Å²) in [4.78, 5) is 4.06. The van der Waals surface area contributed by atoms with Gasteiger partial charge in [-0.25, -0.2) is 0 Å². The summed E-state index contributed by atoms with van der Waals surface area (Å²) in [5, 5.41) is 11.9. The van der Waals surface area contributed by atoms with E-state index in [4.69, 9.17) is 0 Å². The second-order valence-electron chi connectivity index (χ2n) is 5.21. The van der Waals surface area contributed by atoms with Crippen molar-refractivity contribution in [1.29, 1.82) is 0 Å². The van der Waals surface area contributed by atoms with E-state index < -0.39 is 0 Å². The Morgan fingerprint density at radius 2 is 2.44 bits per heavy atom. The number of rotatable bonds is 3. The van der Waals surface area contributed by atoms with Gasteiger partial charge >= 0.3 is 0 Å². The summed E-state index contributed by atoms with van der Waals surface area (Å²) in [7, 11) is 0. The number of hydrogen-bond acceptors (Lipinski definition) is 4. The van der Waals surface area contributed by atoms with Gasteiger partial charge in [0.25, 0.3) is 0 Å². The smallest absolute Gasteiger partial charge is 0.179 e. The number of nitrogens with zero attached hydrogens (tertiary/aromatic N) is 4. The van der Waals surface area contributed by atoms with E-state index in [-0.39, 0.29) is 0 Å². The Morgan fingerprint density at radius 1 is 1.50 bits per heavy atom.